The van der Waals surface area contributed by atoms with E-state index in [1.807, 2.05) is 0 Å². The van der Waals surface area contributed by atoms with E-state index in [9.17, 15) is 13.5 Å². The molecular formula is C13H17Cl2NO3S. The molecule has 0 saturated carbocycles. The van der Waals surface area contributed by atoms with Gasteiger partial charge in [0, 0.05) is 19.0 Å². The van der Waals surface area contributed by atoms with Crippen molar-refractivity contribution in [2.45, 2.75) is 30.8 Å². The van der Waals surface area contributed by atoms with Gasteiger partial charge in [-0.3, -0.25) is 0 Å². The van der Waals surface area contributed by atoms with Crippen LogP contribution in [0.25, 0.3) is 0 Å². The van der Waals surface area contributed by atoms with Gasteiger partial charge in [-0.15, -0.1) is 0 Å². The van der Waals surface area contributed by atoms with E-state index in [0.29, 0.717) is 13.0 Å². The minimum atomic E-state index is -3.68. The molecule has 1 heterocycles. The molecule has 1 aliphatic rings. The van der Waals surface area contributed by atoms with Crippen LogP contribution in [0.5, 0.6) is 0 Å². The number of rotatable bonds is 3. The van der Waals surface area contributed by atoms with Crippen molar-refractivity contribution in [3.63, 3.8) is 0 Å². The second-order valence-corrected chi connectivity index (χ2v) is 8.25. The third-order valence-corrected chi connectivity index (χ3v) is 6.52. The third kappa shape index (κ3) is 2.97. The molecule has 0 spiro atoms. The maximum absolute atomic E-state index is 12.6. The van der Waals surface area contributed by atoms with Crippen LogP contribution >= 0.6 is 23.2 Å². The zero-order valence-electron chi connectivity index (χ0n) is 11.3. The van der Waals surface area contributed by atoms with E-state index >= 15 is 0 Å². The Hall–Kier alpha value is -0.330. The van der Waals surface area contributed by atoms with Crippen LogP contribution < -0.4 is 0 Å². The summed E-state index contributed by atoms with van der Waals surface area (Å²) in [7, 11) is -3.68. The summed E-state index contributed by atoms with van der Waals surface area (Å²) in [5.41, 5.74) is -0.900. The van der Waals surface area contributed by atoms with Crippen molar-refractivity contribution in [3.8, 4) is 0 Å². The fourth-order valence-electron chi connectivity index (χ4n) is 2.35. The lowest BCUT2D eigenvalue weighted by Crippen LogP contribution is -2.35. The Labute approximate surface area is 129 Å². The molecule has 1 aromatic carbocycles. The van der Waals surface area contributed by atoms with E-state index in [1.165, 1.54) is 10.4 Å². The van der Waals surface area contributed by atoms with Crippen molar-refractivity contribution in [1.82, 2.24) is 4.31 Å². The first-order valence-electron chi connectivity index (χ1n) is 6.30. The Morgan fingerprint density at radius 1 is 1.35 bits per heavy atom. The zero-order chi connectivity index (χ0) is 15.1. The number of sulfonamides is 1. The van der Waals surface area contributed by atoms with Gasteiger partial charge >= 0.3 is 0 Å². The van der Waals surface area contributed by atoms with Crippen molar-refractivity contribution < 1.29 is 13.5 Å². The summed E-state index contributed by atoms with van der Waals surface area (Å²) in [6.45, 7) is 4.05. The number of hydrogen-bond acceptors (Lipinski definition) is 3. The molecule has 0 bridgehead atoms. The highest BCUT2D eigenvalue weighted by atomic mass is 35.5. The Kier molecular flexibility index (Phi) is 4.38. The van der Waals surface area contributed by atoms with Crippen LogP contribution in [0, 0.1) is 5.92 Å². The molecule has 4 nitrogen and oxygen atoms in total. The molecule has 1 fully saturated rings. The monoisotopic (exact) mass is 337 g/mol. The molecule has 0 radical (unpaired) electrons. The minimum absolute atomic E-state index is 0.0167. The highest BCUT2D eigenvalue weighted by Gasteiger charge is 2.39. The van der Waals surface area contributed by atoms with Crippen LogP contribution in [0.15, 0.2) is 23.1 Å². The summed E-state index contributed by atoms with van der Waals surface area (Å²) in [5, 5.41) is 10.3. The van der Waals surface area contributed by atoms with E-state index < -0.39 is 15.6 Å². The van der Waals surface area contributed by atoms with Crippen molar-refractivity contribution in [2.24, 2.45) is 5.92 Å². The fraction of sp³-hybridized carbons (Fsp3) is 0.538. The van der Waals surface area contributed by atoms with Gasteiger partial charge in [0.2, 0.25) is 10.0 Å². The maximum Gasteiger partial charge on any atom is 0.244 e. The summed E-state index contributed by atoms with van der Waals surface area (Å²) in [6.07, 6.45) is 0.626. The van der Waals surface area contributed by atoms with Crippen molar-refractivity contribution in [3.05, 3.63) is 28.2 Å². The average Bonchev–Trinajstić information content (AvgIpc) is 2.82. The summed E-state index contributed by atoms with van der Waals surface area (Å²) in [5.74, 6) is -0.0877. The molecule has 2 rings (SSSR count). The third-order valence-electron chi connectivity index (χ3n) is 3.68. The Bertz CT molecular complexity index is 611. The summed E-state index contributed by atoms with van der Waals surface area (Å²) < 4.78 is 26.5. The van der Waals surface area contributed by atoms with Gasteiger partial charge in [-0.2, -0.15) is 4.31 Å². The van der Waals surface area contributed by atoms with Gasteiger partial charge in [-0.1, -0.05) is 29.3 Å². The van der Waals surface area contributed by atoms with Crippen molar-refractivity contribution in [2.75, 3.05) is 13.1 Å². The molecule has 1 unspecified atom stereocenters. The van der Waals surface area contributed by atoms with Crippen LogP contribution in [0.1, 0.15) is 20.3 Å². The number of benzene rings is 1. The van der Waals surface area contributed by atoms with Gasteiger partial charge in [0.25, 0.3) is 0 Å². The van der Waals surface area contributed by atoms with Gasteiger partial charge in [-0.05, 0) is 32.4 Å². The number of halogens is 2. The molecule has 0 aliphatic carbocycles. The molecule has 1 aromatic rings. The molecular weight excluding hydrogens is 321 g/mol. The molecule has 0 amide bonds. The fourth-order valence-corrected chi connectivity index (χ4v) is 4.58. The summed E-state index contributed by atoms with van der Waals surface area (Å²) in [6, 6.07) is 4.55. The smallest absolute Gasteiger partial charge is 0.244 e. The standard InChI is InChI=1S/C13H17Cl2NO3S/c1-13(2,17)9-6-7-16(8-9)20(18,19)11-5-3-4-10(14)12(11)15/h3-5,9,17H,6-8H2,1-2H3. The van der Waals surface area contributed by atoms with Gasteiger partial charge in [-0.25, -0.2) is 8.42 Å². The second kappa shape index (κ2) is 5.46. The molecule has 20 heavy (non-hydrogen) atoms. The van der Waals surface area contributed by atoms with Gasteiger partial charge in [0.15, 0.2) is 0 Å². The molecule has 1 atom stereocenters. The lowest BCUT2D eigenvalue weighted by atomic mass is 9.91. The lowest BCUT2D eigenvalue weighted by molar-refractivity contribution is 0.0236. The topological polar surface area (TPSA) is 57.6 Å². The van der Waals surface area contributed by atoms with E-state index in [0.717, 1.165) is 0 Å². The average molecular weight is 338 g/mol. The Morgan fingerprint density at radius 3 is 2.55 bits per heavy atom. The van der Waals surface area contributed by atoms with Crippen LogP contribution in [0.2, 0.25) is 10.0 Å². The lowest BCUT2D eigenvalue weighted by Gasteiger charge is -2.25. The maximum atomic E-state index is 12.6. The molecule has 112 valence electrons. The van der Waals surface area contributed by atoms with Crippen LogP contribution in [0.3, 0.4) is 0 Å². The van der Waals surface area contributed by atoms with Crippen LogP contribution in [-0.2, 0) is 10.0 Å². The van der Waals surface area contributed by atoms with E-state index in [1.54, 1.807) is 26.0 Å². The molecule has 0 aromatic heterocycles. The van der Waals surface area contributed by atoms with E-state index in [-0.39, 0.29) is 27.4 Å². The molecule has 1 saturated heterocycles. The van der Waals surface area contributed by atoms with Crippen molar-refractivity contribution in [1.29, 1.82) is 0 Å². The zero-order valence-corrected chi connectivity index (χ0v) is 13.6. The van der Waals surface area contributed by atoms with Gasteiger partial charge < -0.3 is 5.11 Å². The first-order valence-corrected chi connectivity index (χ1v) is 8.50. The summed E-state index contributed by atoms with van der Waals surface area (Å²) in [4.78, 5) is 0.0167. The first-order chi connectivity index (χ1) is 9.14. The number of aliphatic hydroxyl groups is 1. The molecule has 7 heteroatoms. The predicted octanol–water partition coefficient (Wildman–Crippen LogP) is 2.77. The minimum Gasteiger partial charge on any atom is -0.390 e. The highest BCUT2D eigenvalue weighted by molar-refractivity contribution is 7.89. The Balaban J connectivity index is 2.31. The highest BCUT2D eigenvalue weighted by Crippen LogP contribution is 2.35. The van der Waals surface area contributed by atoms with E-state index in [4.69, 9.17) is 23.2 Å². The van der Waals surface area contributed by atoms with Gasteiger partial charge in [0.1, 0.15) is 4.90 Å². The number of hydrogen-bond donors (Lipinski definition) is 1. The molecule has 1 aliphatic heterocycles. The SMILES string of the molecule is CC(C)(O)C1CCN(S(=O)(=O)c2cccc(Cl)c2Cl)C1. The normalized spacial score (nSPS) is 21.4. The Morgan fingerprint density at radius 2 is 2.00 bits per heavy atom. The summed E-state index contributed by atoms with van der Waals surface area (Å²) >= 11 is 11.9. The van der Waals surface area contributed by atoms with Gasteiger partial charge in [0.05, 0.1) is 15.6 Å². The molecule has 1 N–H and O–H groups in total. The van der Waals surface area contributed by atoms with E-state index in [2.05, 4.69) is 0 Å². The quantitative estimate of drug-likeness (QED) is 0.922. The first kappa shape index (κ1) is 16.0. The number of nitrogens with zero attached hydrogens (tertiary/aromatic N) is 1. The largest absolute Gasteiger partial charge is 0.390 e. The predicted molar refractivity (Wildman–Crippen MR) is 79.6 cm³/mol. The van der Waals surface area contributed by atoms with Crippen molar-refractivity contribution >= 4 is 33.2 Å². The second-order valence-electron chi connectivity index (χ2n) is 5.55. The van der Waals surface area contributed by atoms with Crippen LogP contribution in [0.4, 0.5) is 0 Å². The van der Waals surface area contributed by atoms with Crippen LogP contribution in [-0.4, -0.2) is 36.5 Å².